The normalized spacial score (nSPS) is 26.5. The quantitative estimate of drug-likeness (QED) is 0.939. The summed E-state index contributed by atoms with van der Waals surface area (Å²) in [5.41, 5.74) is 7.98. The standard InChI is InChI=1S/C19H25N3O2/c1-21(2)10-15-13-5-3-4-6-17(13)24-18(15)19(23)22-9-12-7-8-16(20)14(12)11-22/h3-6,12,14,16H,7-11,20H2,1-2H3. The van der Waals surface area contributed by atoms with Gasteiger partial charge in [-0.25, -0.2) is 0 Å². The number of rotatable bonds is 3. The molecule has 2 aliphatic rings. The van der Waals surface area contributed by atoms with E-state index in [1.807, 2.05) is 43.3 Å². The summed E-state index contributed by atoms with van der Waals surface area (Å²) in [4.78, 5) is 17.2. The summed E-state index contributed by atoms with van der Waals surface area (Å²) in [5.74, 6) is 1.53. The van der Waals surface area contributed by atoms with Crippen molar-refractivity contribution in [1.29, 1.82) is 0 Å². The molecule has 1 saturated carbocycles. The minimum atomic E-state index is 0.0182. The molecule has 2 N–H and O–H groups in total. The first-order valence-electron chi connectivity index (χ1n) is 8.74. The van der Waals surface area contributed by atoms with E-state index in [0.29, 0.717) is 24.1 Å². The summed E-state index contributed by atoms with van der Waals surface area (Å²) in [5, 5.41) is 1.03. The molecule has 128 valence electrons. The first-order chi connectivity index (χ1) is 11.5. The second kappa shape index (κ2) is 5.90. The zero-order valence-corrected chi connectivity index (χ0v) is 14.4. The lowest BCUT2D eigenvalue weighted by Crippen LogP contribution is -2.33. The third kappa shape index (κ3) is 2.52. The van der Waals surface area contributed by atoms with Gasteiger partial charge in [0.15, 0.2) is 5.76 Å². The lowest BCUT2D eigenvalue weighted by Gasteiger charge is -2.19. The van der Waals surface area contributed by atoms with Crippen molar-refractivity contribution in [2.75, 3.05) is 27.2 Å². The van der Waals surface area contributed by atoms with Crippen molar-refractivity contribution in [1.82, 2.24) is 9.80 Å². The zero-order chi connectivity index (χ0) is 16.8. The Morgan fingerprint density at radius 3 is 2.83 bits per heavy atom. The lowest BCUT2D eigenvalue weighted by atomic mass is 9.98. The molecule has 5 nitrogen and oxygen atoms in total. The summed E-state index contributed by atoms with van der Waals surface area (Å²) >= 11 is 0. The molecule has 2 fully saturated rings. The number of hydrogen-bond donors (Lipinski definition) is 1. The van der Waals surface area contributed by atoms with Crippen molar-refractivity contribution < 1.29 is 9.21 Å². The number of hydrogen-bond acceptors (Lipinski definition) is 4. The summed E-state index contributed by atoms with van der Waals surface area (Å²) < 4.78 is 5.97. The number of furan rings is 1. The summed E-state index contributed by atoms with van der Waals surface area (Å²) in [6, 6.07) is 8.14. The van der Waals surface area contributed by atoms with Gasteiger partial charge in [0.2, 0.25) is 0 Å². The van der Waals surface area contributed by atoms with Crippen LogP contribution < -0.4 is 5.73 Å². The van der Waals surface area contributed by atoms with Gasteiger partial charge < -0.3 is 20.0 Å². The van der Waals surface area contributed by atoms with Gasteiger partial charge in [0, 0.05) is 36.6 Å². The van der Waals surface area contributed by atoms with E-state index in [1.165, 1.54) is 0 Å². The van der Waals surface area contributed by atoms with Gasteiger partial charge >= 0.3 is 0 Å². The number of amides is 1. The van der Waals surface area contributed by atoms with Gasteiger partial charge in [0.05, 0.1) is 0 Å². The van der Waals surface area contributed by atoms with Gasteiger partial charge in [0.25, 0.3) is 5.91 Å². The van der Waals surface area contributed by atoms with Crippen molar-refractivity contribution in [3.8, 4) is 0 Å². The number of fused-ring (bicyclic) bond motifs is 2. The molecule has 3 unspecified atom stereocenters. The molecule has 2 aromatic rings. The number of carbonyl (C=O) groups is 1. The Morgan fingerprint density at radius 2 is 2.08 bits per heavy atom. The molecule has 1 aromatic carbocycles. The van der Waals surface area contributed by atoms with E-state index in [-0.39, 0.29) is 11.9 Å². The van der Waals surface area contributed by atoms with Crippen LogP contribution in [-0.2, 0) is 6.54 Å². The Labute approximate surface area is 142 Å². The van der Waals surface area contributed by atoms with E-state index >= 15 is 0 Å². The molecule has 3 atom stereocenters. The van der Waals surface area contributed by atoms with Gasteiger partial charge in [-0.15, -0.1) is 0 Å². The highest BCUT2D eigenvalue weighted by Crippen LogP contribution is 2.38. The Hall–Kier alpha value is -1.85. The molecule has 4 rings (SSSR count). The fourth-order valence-corrected chi connectivity index (χ4v) is 4.36. The molecule has 5 heteroatoms. The van der Waals surface area contributed by atoms with Gasteiger partial charge in [-0.3, -0.25) is 4.79 Å². The third-order valence-electron chi connectivity index (χ3n) is 5.57. The number of carbonyl (C=O) groups excluding carboxylic acids is 1. The fourth-order valence-electron chi connectivity index (χ4n) is 4.36. The first-order valence-corrected chi connectivity index (χ1v) is 8.74. The predicted octanol–water partition coefficient (Wildman–Crippen LogP) is 2.30. The zero-order valence-electron chi connectivity index (χ0n) is 14.4. The molecule has 1 saturated heterocycles. The molecule has 0 radical (unpaired) electrons. The molecule has 1 aliphatic heterocycles. The van der Waals surface area contributed by atoms with Crippen molar-refractivity contribution >= 4 is 16.9 Å². The highest BCUT2D eigenvalue weighted by Gasteiger charge is 2.43. The van der Waals surface area contributed by atoms with Crippen molar-refractivity contribution in [3.05, 3.63) is 35.6 Å². The minimum absolute atomic E-state index is 0.0182. The Morgan fingerprint density at radius 1 is 1.29 bits per heavy atom. The molecule has 2 heterocycles. The van der Waals surface area contributed by atoms with E-state index in [9.17, 15) is 4.79 Å². The number of nitrogens with zero attached hydrogens (tertiary/aromatic N) is 2. The maximum absolute atomic E-state index is 13.1. The van der Waals surface area contributed by atoms with Gasteiger partial charge in [-0.05, 0) is 44.8 Å². The van der Waals surface area contributed by atoms with E-state index in [2.05, 4.69) is 4.90 Å². The van der Waals surface area contributed by atoms with Crippen LogP contribution in [0.5, 0.6) is 0 Å². The number of para-hydroxylation sites is 1. The van der Waals surface area contributed by atoms with Crippen molar-refractivity contribution in [2.24, 2.45) is 17.6 Å². The van der Waals surface area contributed by atoms with E-state index in [0.717, 1.165) is 42.5 Å². The van der Waals surface area contributed by atoms with Crippen LogP contribution in [0.3, 0.4) is 0 Å². The maximum atomic E-state index is 13.1. The highest BCUT2D eigenvalue weighted by molar-refractivity contribution is 5.99. The molecule has 24 heavy (non-hydrogen) atoms. The van der Waals surface area contributed by atoms with Crippen LogP contribution >= 0.6 is 0 Å². The molecule has 1 aliphatic carbocycles. The van der Waals surface area contributed by atoms with E-state index in [4.69, 9.17) is 10.2 Å². The van der Waals surface area contributed by atoms with Crippen molar-refractivity contribution in [2.45, 2.75) is 25.4 Å². The highest BCUT2D eigenvalue weighted by atomic mass is 16.3. The average molecular weight is 327 g/mol. The SMILES string of the molecule is CN(C)Cc1c(C(=O)N2CC3CCC(N)C3C2)oc2ccccc12. The van der Waals surface area contributed by atoms with Gasteiger partial charge in [-0.1, -0.05) is 18.2 Å². The van der Waals surface area contributed by atoms with E-state index < -0.39 is 0 Å². The number of benzene rings is 1. The van der Waals surface area contributed by atoms with Crippen LogP contribution in [0.2, 0.25) is 0 Å². The summed E-state index contributed by atoms with van der Waals surface area (Å²) in [6.45, 7) is 2.27. The molecular formula is C19H25N3O2. The Bertz CT molecular complexity index is 767. The monoisotopic (exact) mass is 327 g/mol. The largest absolute Gasteiger partial charge is 0.451 e. The number of nitrogens with two attached hydrogens (primary N) is 1. The fraction of sp³-hybridized carbons (Fsp3) is 0.526. The van der Waals surface area contributed by atoms with Crippen LogP contribution in [0.15, 0.2) is 28.7 Å². The summed E-state index contributed by atoms with van der Waals surface area (Å²) in [6.07, 6.45) is 2.23. The van der Waals surface area contributed by atoms with E-state index in [1.54, 1.807) is 0 Å². The maximum Gasteiger partial charge on any atom is 0.289 e. The van der Waals surface area contributed by atoms with Crippen LogP contribution in [-0.4, -0.2) is 48.9 Å². The Balaban J connectivity index is 1.67. The Kier molecular flexibility index (Phi) is 3.85. The summed E-state index contributed by atoms with van der Waals surface area (Å²) in [7, 11) is 4.02. The molecule has 1 aromatic heterocycles. The second-order valence-corrected chi connectivity index (χ2v) is 7.52. The second-order valence-electron chi connectivity index (χ2n) is 7.52. The minimum Gasteiger partial charge on any atom is -0.451 e. The number of likely N-dealkylation sites (tertiary alicyclic amines) is 1. The van der Waals surface area contributed by atoms with Crippen LogP contribution in [0.25, 0.3) is 11.0 Å². The predicted molar refractivity (Wildman–Crippen MR) is 93.7 cm³/mol. The lowest BCUT2D eigenvalue weighted by molar-refractivity contribution is 0.0748. The van der Waals surface area contributed by atoms with Crippen LogP contribution in [0, 0.1) is 11.8 Å². The molecular weight excluding hydrogens is 302 g/mol. The van der Waals surface area contributed by atoms with Crippen molar-refractivity contribution in [3.63, 3.8) is 0 Å². The molecule has 0 spiro atoms. The third-order valence-corrected chi connectivity index (χ3v) is 5.57. The first kappa shape index (κ1) is 15.7. The molecule has 1 amide bonds. The smallest absolute Gasteiger partial charge is 0.289 e. The van der Waals surface area contributed by atoms with Crippen LogP contribution in [0.4, 0.5) is 0 Å². The molecule has 0 bridgehead atoms. The van der Waals surface area contributed by atoms with Gasteiger partial charge in [0.1, 0.15) is 5.58 Å². The van der Waals surface area contributed by atoms with Gasteiger partial charge in [-0.2, -0.15) is 0 Å². The topological polar surface area (TPSA) is 62.7 Å². The average Bonchev–Trinajstić information content (AvgIpc) is 3.22. The van der Waals surface area contributed by atoms with Crippen LogP contribution in [0.1, 0.15) is 29.0 Å².